The van der Waals surface area contributed by atoms with Crippen LogP contribution in [0.3, 0.4) is 0 Å². The summed E-state index contributed by atoms with van der Waals surface area (Å²) in [6, 6.07) is 6.68. The molecule has 0 bridgehead atoms. The molecule has 0 unspecified atom stereocenters. The maximum atomic E-state index is 5.11. The molecule has 0 saturated heterocycles. The van der Waals surface area contributed by atoms with Crippen molar-refractivity contribution < 1.29 is 4.52 Å². The minimum atomic E-state index is 0. The third-order valence-corrected chi connectivity index (χ3v) is 3.72. The molecule has 2 N–H and O–H groups in total. The molecule has 144 valence electrons. The predicted octanol–water partition coefficient (Wildman–Crippen LogP) is 3.34. The zero-order valence-corrected chi connectivity index (χ0v) is 18.5. The van der Waals surface area contributed by atoms with Gasteiger partial charge in [-0.25, -0.2) is 0 Å². The van der Waals surface area contributed by atoms with Gasteiger partial charge in [0.15, 0.2) is 11.8 Å². The Morgan fingerprint density at radius 3 is 2.42 bits per heavy atom. The molecule has 0 fully saturated rings. The summed E-state index contributed by atoms with van der Waals surface area (Å²) in [6.07, 6.45) is 2.62. The van der Waals surface area contributed by atoms with Crippen LogP contribution in [0.1, 0.15) is 41.8 Å². The van der Waals surface area contributed by atoms with E-state index in [0.29, 0.717) is 11.7 Å². The predicted molar refractivity (Wildman–Crippen MR) is 116 cm³/mol. The van der Waals surface area contributed by atoms with Crippen LogP contribution >= 0.6 is 24.0 Å². The van der Waals surface area contributed by atoms with Crippen LogP contribution in [0.2, 0.25) is 0 Å². The molecule has 26 heavy (non-hydrogen) atoms. The molecule has 0 aliphatic heterocycles. The van der Waals surface area contributed by atoms with Gasteiger partial charge in [0.05, 0.1) is 0 Å². The second kappa shape index (κ2) is 11.9. The molecule has 6 nitrogen and oxygen atoms in total. The Morgan fingerprint density at radius 1 is 1.08 bits per heavy atom. The van der Waals surface area contributed by atoms with Gasteiger partial charge >= 0.3 is 0 Å². The average molecular weight is 471 g/mol. The monoisotopic (exact) mass is 471 g/mol. The summed E-state index contributed by atoms with van der Waals surface area (Å²) in [5.74, 6) is 2.22. The van der Waals surface area contributed by atoms with Crippen LogP contribution in [-0.4, -0.2) is 35.7 Å². The quantitative estimate of drug-likeness (QED) is 0.267. The Bertz CT molecular complexity index is 679. The van der Waals surface area contributed by atoms with Crippen LogP contribution in [0.5, 0.6) is 0 Å². The molecule has 1 aromatic heterocycles. The lowest BCUT2D eigenvalue weighted by Crippen LogP contribution is -2.38. The largest absolute Gasteiger partial charge is 0.357 e. The number of aromatic nitrogens is 2. The highest BCUT2D eigenvalue weighted by atomic mass is 127. The van der Waals surface area contributed by atoms with Gasteiger partial charge in [0.25, 0.3) is 0 Å². The molecule has 0 atom stereocenters. The maximum Gasteiger partial charge on any atom is 0.226 e. The first-order valence-corrected chi connectivity index (χ1v) is 8.95. The average Bonchev–Trinajstić information content (AvgIpc) is 2.96. The van der Waals surface area contributed by atoms with Crippen molar-refractivity contribution in [1.29, 1.82) is 0 Å². The number of aryl methyl sites for hydroxylation is 4. The topological polar surface area (TPSA) is 75.3 Å². The van der Waals surface area contributed by atoms with Crippen LogP contribution in [0.25, 0.3) is 0 Å². The molecular formula is C19H30IN5O. The van der Waals surface area contributed by atoms with Crippen LogP contribution in [-0.2, 0) is 12.8 Å². The zero-order valence-electron chi connectivity index (χ0n) is 16.1. The highest BCUT2D eigenvalue weighted by molar-refractivity contribution is 14.0. The zero-order chi connectivity index (χ0) is 18.1. The highest BCUT2D eigenvalue weighted by Gasteiger charge is 2.03. The number of aliphatic imine (C=N–C) groups is 1. The number of nitrogens with zero attached hydrogens (tertiary/aromatic N) is 3. The number of rotatable bonds is 8. The minimum absolute atomic E-state index is 0. The van der Waals surface area contributed by atoms with Gasteiger partial charge in [-0.2, -0.15) is 4.98 Å². The molecule has 7 heteroatoms. The molecule has 0 spiro atoms. The third-order valence-electron chi connectivity index (χ3n) is 3.72. The van der Waals surface area contributed by atoms with Gasteiger partial charge in [0, 0.05) is 26.1 Å². The van der Waals surface area contributed by atoms with Gasteiger partial charge in [0.2, 0.25) is 5.89 Å². The van der Waals surface area contributed by atoms with Gasteiger partial charge < -0.3 is 15.2 Å². The standard InChI is InChI=1S/C19H29N5O.HI/c1-5-20-19(21-9-6-7-18-23-16(4)24-25-18)22-10-8-17-12-14(2)11-15(3)13-17;/h11-13H,5-10H2,1-4H3,(H2,20,21,22);1H. The number of hydrogen-bond donors (Lipinski definition) is 2. The Balaban J connectivity index is 0.00000338. The van der Waals surface area contributed by atoms with Crippen LogP contribution in [0.15, 0.2) is 27.7 Å². The van der Waals surface area contributed by atoms with Gasteiger partial charge in [0.1, 0.15) is 0 Å². The molecule has 0 saturated carbocycles. The van der Waals surface area contributed by atoms with Crippen molar-refractivity contribution in [1.82, 2.24) is 20.8 Å². The van der Waals surface area contributed by atoms with Crippen molar-refractivity contribution in [3.8, 4) is 0 Å². The van der Waals surface area contributed by atoms with E-state index in [2.05, 4.69) is 64.7 Å². The van der Waals surface area contributed by atoms with E-state index in [1.807, 2.05) is 6.92 Å². The normalized spacial score (nSPS) is 11.2. The Hall–Kier alpha value is -1.64. The fourth-order valence-electron chi connectivity index (χ4n) is 2.74. The number of guanidine groups is 1. The molecule has 2 rings (SSSR count). The van der Waals surface area contributed by atoms with Crippen LogP contribution in [0.4, 0.5) is 0 Å². The summed E-state index contributed by atoms with van der Waals surface area (Å²) < 4.78 is 5.11. The van der Waals surface area contributed by atoms with Gasteiger partial charge in [-0.1, -0.05) is 34.5 Å². The van der Waals surface area contributed by atoms with E-state index < -0.39 is 0 Å². The second-order valence-electron chi connectivity index (χ2n) is 6.27. The lowest BCUT2D eigenvalue weighted by atomic mass is 10.1. The van der Waals surface area contributed by atoms with E-state index in [4.69, 9.17) is 4.52 Å². The minimum Gasteiger partial charge on any atom is -0.357 e. The number of halogens is 1. The summed E-state index contributed by atoms with van der Waals surface area (Å²) in [5.41, 5.74) is 3.98. The first kappa shape index (κ1) is 22.4. The van der Waals surface area contributed by atoms with E-state index in [-0.39, 0.29) is 24.0 Å². The molecule has 0 aliphatic rings. The van der Waals surface area contributed by atoms with Crippen molar-refractivity contribution >= 4 is 29.9 Å². The highest BCUT2D eigenvalue weighted by Crippen LogP contribution is 2.09. The smallest absolute Gasteiger partial charge is 0.226 e. The molecule has 0 aliphatic carbocycles. The van der Waals surface area contributed by atoms with E-state index in [9.17, 15) is 0 Å². The Morgan fingerprint density at radius 2 is 1.81 bits per heavy atom. The van der Waals surface area contributed by atoms with E-state index >= 15 is 0 Å². The van der Waals surface area contributed by atoms with Crippen molar-refractivity contribution in [3.05, 3.63) is 46.6 Å². The lowest BCUT2D eigenvalue weighted by molar-refractivity contribution is 0.372. The third kappa shape index (κ3) is 8.16. The van der Waals surface area contributed by atoms with Crippen molar-refractivity contribution in [2.45, 2.75) is 47.0 Å². The summed E-state index contributed by atoms with van der Waals surface area (Å²) >= 11 is 0. The Labute approximate surface area is 173 Å². The van der Waals surface area contributed by atoms with E-state index in [0.717, 1.165) is 44.9 Å². The number of benzene rings is 1. The van der Waals surface area contributed by atoms with E-state index in [1.165, 1.54) is 16.7 Å². The molecule has 0 radical (unpaired) electrons. The molecule has 1 heterocycles. The SMILES string of the molecule is CCNC(=NCCCc1nc(C)no1)NCCc1cc(C)cc(C)c1.I. The fraction of sp³-hybridized carbons (Fsp3) is 0.526. The van der Waals surface area contributed by atoms with Crippen LogP contribution < -0.4 is 10.6 Å². The molecule has 2 aromatic rings. The summed E-state index contributed by atoms with van der Waals surface area (Å²) in [7, 11) is 0. The summed E-state index contributed by atoms with van der Waals surface area (Å²) in [6.45, 7) is 10.6. The van der Waals surface area contributed by atoms with Gasteiger partial charge in [-0.3, -0.25) is 4.99 Å². The first-order chi connectivity index (χ1) is 12.1. The van der Waals surface area contributed by atoms with Gasteiger partial charge in [-0.15, -0.1) is 24.0 Å². The number of nitrogens with one attached hydrogen (secondary N) is 2. The lowest BCUT2D eigenvalue weighted by Gasteiger charge is -2.12. The Kier molecular flexibility index (Phi) is 10.2. The summed E-state index contributed by atoms with van der Waals surface area (Å²) in [5, 5.41) is 10.5. The fourth-order valence-corrected chi connectivity index (χ4v) is 2.74. The number of hydrogen-bond acceptors (Lipinski definition) is 4. The van der Waals surface area contributed by atoms with Gasteiger partial charge in [-0.05, 0) is 46.1 Å². The van der Waals surface area contributed by atoms with Crippen molar-refractivity contribution in [3.63, 3.8) is 0 Å². The molecule has 1 aromatic carbocycles. The maximum absolute atomic E-state index is 5.11. The summed E-state index contributed by atoms with van der Waals surface area (Å²) in [4.78, 5) is 8.81. The first-order valence-electron chi connectivity index (χ1n) is 8.95. The second-order valence-corrected chi connectivity index (χ2v) is 6.27. The van der Waals surface area contributed by atoms with Crippen molar-refractivity contribution in [2.24, 2.45) is 4.99 Å². The van der Waals surface area contributed by atoms with E-state index in [1.54, 1.807) is 0 Å². The molecule has 0 amide bonds. The molecular weight excluding hydrogens is 441 g/mol. The van der Waals surface area contributed by atoms with Crippen molar-refractivity contribution in [2.75, 3.05) is 19.6 Å². The van der Waals surface area contributed by atoms with Crippen LogP contribution in [0, 0.1) is 20.8 Å².